The summed E-state index contributed by atoms with van der Waals surface area (Å²) in [6, 6.07) is 18.6. The summed E-state index contributed by atoms with van der Waals surface area (Å²) < 4.78 is 5.93. The van der Waals surface area contributed by atoms with Crippen LogP contribution < -0.4 is 10.6 Å². The van der Waals surface area contributed by atoms with E-state index in [1.165, 1.54) is 0 Å². The number of benzene rings is 2. The van der Waals surface area contributed by atoms with Crippen LogP contribution in [-0.2, 0) is 25.5 Å². The molecule has 0 bridgehead atoms. The van der Waals surface area contributed by atoms with Crippen molar-refractivity contribution in [3.63, 3.8) is 0 Å². The van der Waals surface area contributed by atoms with Crippen molar-refractivity contribution in [2.45, 2.75) is 44.8 Å². The second kappa shape index (κ2) is 16.1. The standard InChI is InChI=1S/C30H38N2O5/c1-4-12-25(19-28(34)32-22(3)21-33)29(35)31-20-27(24-16-10-7-11-17-24)37-30(36)26(13-5-2)18-23-14-8-6-9-15-23/h4-11,14-17,22,25-27,33H,1-2,12-13,18-21H2,3H3,(H,31,35)(H,32,34)/t22-,25-,26+,27-/m0/s1. The van der Waals surface area contributed by atoms with Gasteiger partial charge in [0.25, 0.3) is 0 Å². The molecule has 198 valence electrons. The number of aliphatic hydroxyl groups is 1. The van der Waals surface area contributed by atoms with Gasteiger partial charge in [-0.15, -0.1) is 13.2 Å². The third-order valence-corrected chi connectivity index (χ3v) is 5.94. The first-order valence-corrected chi connectivity index (χ1v) is 12.6. The first-order chi connectivity index (χ1) is 17.9. The molecular weight excluding hydrogens is 468 g/mol. The normalized spacial score (nSPS) is 13.9. The molecule has 3 N–H and O–H groups in total. The Bertz CT molecular complexity index is 1010. The molecule has 2 aromatic rings. The van der Waals surface area contributed by atoms with Gasteiger partial charge in [-0.3, -0.25) is 14.4 Å². The molecule has 4 atom stereocenters. The van der Waals surface area contributed by atoms with Crippen LogP contribution in [0.3, 0.4) is 0 Å². The van der Waals surface area contributed by atoms with Gasteiger partial charge in [-0.25, -0.2) is 0 Å². The zero-order chi connectivity index (χ0) is 27.0. The maximum absolute atomic E-state index is 13.2. The predicted octanol–water partition coefficient (Wildman–Crippen LogP) is 3.90. The maximum Gasteiger partial charge on any atom is 0.310 e. The average molecular weight is 507 g/mol. The fraction of sp³-hybridized carbons (Fsp3) is 0.367. The summed E-state index contributed by atoms with van der Waals surface area (Å²) in [7, 11) is 0. The van der Waals surface area contributed by atoms with E-state index in [0.717, 1.165) is 11.1 Å². The van der Waals surface area contributed by atoms with Crippen LogP contribution in [0, 0.1) is 11.8 Å². The van der Waals surface area contributed by atoms with Gasteiger partial charge in [-0.1, -0.05) is 72.8 Å². The summed E-state index contributed by atoms with van der Waals surface area (Å²) in [5.41, 5.74) is 1.78. The quantitative estimate of drug-likeness (QED) is 0.237. The molecule has 0 saturated carbocycles. The molecule has 2 rings (SSSR count). The number of amides is 2. The van der Waals surface area contributed by atoms with Crippen LogP contribution in [0.5, 0.6) is 0 Å². The van der Waals surface area contributed by atoms with Crippen LogP contribution in [0.2, 0.25) is 0 Å². The molecule has 0 heterocycles. The number of hydrogen-bond acceptors (Lipinski definition) is 5. The summed E-state index contributed by atoms with van der Waals surface area (Å²) in [5, 5.41) is 14.7. The Balaban J connectivity index is 2.11. The van der Waals surface area contributed by atoms with Crippen molar-refractivity contribution in [2.24, 2.45) is 11.8 Å². The molecular formula is C30H38N2O5. The van der Waals surface area contributed by atoms with Crippen LogP contribution in [0.15, 0.2) is 86.0 Å². The Morgan fingerprint density at radius 1 is 0.946 bits per heavy atom. The highest BCUT2D eigenvalue weighted by Crippen LogP contribution is 2.22. The number of allylic oxidation sites excluding steroid dienone is 2. The third-order valence-electron chi connectivity index (χ3n) is 5.94. The Labute approximate surface area is 219 Å². The van der Waals surface area contributed by atoms with E-state index in [0.29, 0.717) is 19.3 Å². The van der Waals surface area contributed by atoms with Gasteiger partial charge in [0.2, 0.25) is 11.8 Å². The van der Waals surface area contributed by atoms with E-state index < -0.39 is 24.0 Å². The van der Waals surface area contributed by atoms with E-state index in [9.17, 15) is 14.4 Å². The average Bonchev–Trinajstić information content (AvgIpc) is 2.91. The number of carbonyl (C=O) groups is 3. The van der Waals surface area contributed by atoms with Crippen molar-refractivity contribution < 1.29 is 24.2 Å². The van der Waals surface area contributed by atoms with Gasteiger partial charge in [0.1, 0.15) is 6.10 Å². The number of ether oxygens (including phenoxy) is 1. The number of esters is 1. The molecule has 2 amide bonds. The van der Waals surface area contributed by atoms with Crippen molar-refractivity contribution in [3.8, 4) is 0 Å². The topological polar surface area (TPSA) is 105 Å². The molecule has 0 aromatic heterocycles. The number of carbonyl (C=O) groups excluding carboxylic acids is 3. The minimum atomic E-state index is -0.701. The predicted molar refractivity (Wildman–Crippen MR) is 144 cm³/mol. The lowest BCUT2D eigenvalue weighted by molar-refractivity contribution is -0.154. The van der Waals surface area contributed by atoms with Gasteiger partial charge >= 0.3 is 5.97 Å². The molecule has 37 heavy (non-hydrogen) atoms. The Kier molecular flexibility index (Phi) is 12.9. The van der Waals surface area contributed by atoms with E-state index in [1.54, 1.807) is 19.1 Å². The second-order valence-electron chi connectivity index (χ2n) is 9.07. The molecule has 0 radical (unpaired) electrons. The van der Waals surface area contributed by atoms with E-state index in [-0.39, 0.29) is 37.4 Å². The number of aliphatic hydroxyl groups excluding tert-OH is 1. The molecule has 2 aromatic carbocycles. The maximum atomic E-state index is 13.2. The number of rotatable bonds is 16. The lowest BCUT2D eigenvalue weighted by atomic mass is 9.96. The summed E-state index contributed by atoms with van der Waals surface area (Å²) in [5.74, 6) is -2.08. The molecule has 0 saturated heterocycles. The first kappa shape index (κ1) is 29.5. The van der Waals surface area contributed by atoms with Crippen molar-refractivity contribution in [1.29, 1.82) is 0 Å². The van der Waals surface area contributed by atoms with Crippen molar-refractivity contribution >= 4 is 17.8 Å². The molecule has 0 aliphatic rings. The smallest absolute Gasteiger partial charge is 0.310 e. The van der Waals surface area contributed by atoms with Gasteiger partial charge in [0.05, 0.1) is 25.0 Å². The van der Waals surface area contributed by atoms with E-state index in [4.69, 9.17) is 9.84 Å². The van der Waals surface area contributed by atoms with E-state index in [1.807, 2.05) is 60.7 Å². The lowest BCUT2D eigenvalue weighted by Gasteiger charge is -2.23. The highest BCUT2D eigenvalue weighted by atomic mass is 16.5. The first-order valence-electron chi connectivity index (χ1n) is 12.6. The molecule has 0 spiro atoms. The zero-order valence-corrected chi connectivity index (χ0v) is 21.5. The van der Waals surface area contributed by atoms with Crippen molar-refractivity contribution in [2.75, 3.05) is 13.2 Å². The Hall–Kier alpha value is -3.71. The fourth-order valence-electron chi connectivity index (χ4n) is 3.92. The number of nitrogens with one attached hydrogen (secondary N) is 2. The third kappa shape index (κ3) is 10.4. The molecule has 0 aliphatic heterocycles. The molecule has 7 heteroatoms. The molecule has 0 fully saturated rings. The summed E-state index contributed by atoms with van der Waals surface area (Å²) in [6.07, 6.45) is 3.83. The SMILES string of the molecule is C=CC[C@@H](CC(=O)N[C@@H](C)CO)C(=O)NC[C@H](OC(=O)[C@H](CC=C)Cc1ccccc1)c1ccccc1. The largest absolute Gasteiger partial charge is 0.455 e. The molecule has 0 unspecified atom stereocenters. The van der Waals surface area contributed by atoms with Crippen LogP contribution >= 0.6 is 0 Å². The summed E-state index contributed by atoms with van der Waals surface area (Å²) in [4.78, 5) is 38.5. The van der Waals surface area contributed by atoms with Gasteiger partial charge in [0, 0.05) is 12.5 Å². The van der Waals surface area contributed by atoms with E-state index >= 15 is 0 Å². The Morgan fingerprint density at radius 3 is 2.14 bits per heavy atom. The zero-order valence-electron chi connectivity index (χ0n) is 21.5. The van der Waals surface area contributed by atoms with Crippen molar-refractivity contribution in [3.05, 3.63) is 97.1 Å². The number of hydrogen-bond donors (Lipinski definition) is 3. The van der Waals surface area contributed by atoms with E-state index in [2.05, 4.69) is 23.8 Å². The summed E-state index contributed by atoms with van der Waals surface area (Å²) >= 11 is 0. The van der Waals surface area contributed by atoms with Crippen molar-refractivity contribution in [1.82, 2.24) is 10.6 Å². The fourth-order valence-corrected chi connectivity index (χ4v) is 3.92. The molecule has 0 aliphatic carbocycles. The van der Waals surface area contributed by atoms with Crippen LogP contribution in [0.4, 0.5) is 0 Å². The van der Waals surface area contributed by atoms with Gasteiger partial charge in [-0.05, 0) is 37.3 Å². The Morgan fingerprint density at radius 2 is 1.54 bits per heavy atom. The monoisotopic (exact) mass is 506 g/mol. The summed E-state index contributed by atoms with van der Waals surface area (Å²) in [6.45, 7) is 9.02. The lowest BCUT2D eigenvalue weighted by Crippen LogP contribution is -2.40. The highest BCUT2D eigenvalue weighted by Gasteiger charge is 2.26. The molecule has 7 nitrogen and oxygen atoms in total. The van der Waals surface area contributed by atoms with Crippen LogP contribution in [0.1, 0.15) is 43.4 Å². The van der Waals surface area contributed by atoms with Crippen LogP contribution in [0.25, 0.3) is 0 Å². The minimum absolute atomic E-state index is 0.0452. The second-order valence-corrected chi connectivity index (χ2v) is 9.07. The van der Waals surface area contributed by atoms with Gasteiger partial charge in [0.15, 0.2) is 0 Å². The van der Waals surface area contributed by atoms with Gasteiger partial charge < -0.3 is 20.5 Å². The van der Waals surface area contributed by atoms with Crippen LogP contribution in [-0.4, -0.2) is 42.1 Å². The highest BCUT2D eigenvalue weighted by molar-refractivity contribution is 5.86. The minimum Gasteiger partial charge on any atom is -0.455 e. The van der Waals surface area contributed by atoms with Gasteiger partial charge in [-0.2, -0.15) is 0 Å².